The maximum atomic E-state index is 12.5. The van der Waals surface area contributed by atoms with E-state index in [1.165, 1.54) is 44.9 Å². The van der Waals surface area contributed by atoms with Gasteiger partial charge in [-0.2, -0.15) is 0 Å². The lowest BCUT2D eigenvalue weighted by Gasteiger charge is -2.36. The number of rotatable bonds is 19. The smallest absolute Gasteiger partial charge is 0.378 e. The van der Waals surface area contributed by atoms with Gasteiger partial charge in [0.25, 0.3) is 5.76 Å². The second kappa shape index (κ2) is 17.9. The molecule has 50 heavy (non-hydrogen) atoms. The SMILES string of the molecule is CC(C)CCC[C@@H](C)CCC[C@@H](C)CCC[C@]1(C)CCc2cc(OC(=O)CCCC(=O)OC3=C(O)[C@@H](C4COC(C)(C)O4)OC3=O)ccc2O1. The van der Waals surface area contributed by atoms with Crippen molar-refractivity contribution >= 4 is 17.9 Å². The molecule has 0 saturated carbocycles. The van der Waals surface area contributed by atoms with Crippen molar-refractivity contribution in [2.24, 2.45) is 17.8 Å². The maximum Gasteiger partial charge on any atom is 0.378 e. The number of aryl methyl sites for hydroxylation is 1. The van der Waals surface area contributed by atoms with Gasteiger partial charge in [0.05, 0.1) is 6.61 Å². The summed E-state index contributed by atoms with van der Waals surface area (Å²) in [5.41, 5.74) is 0.809. The van der Waals surface area contributed by atoms with Crippen LogP contribution in [0.5, 0.6) is 11.5 Å². The summed E-state index contributed by atoms with van der Waals surface area (Å²) in [7, 11) is 0. The number of carbonyl (C=O) groups excluding carboxylic acids is 3. The molecule has 0 aliphatic carbocycles. The van der Waals surface area contributed by atoms with Crippen LogP contribution >= 0.6 is 0 Å². The molecule has 5 atom stereocenters. The fourth-order valence-corrected chi connectivity index (χ4v) is 7.00. The molecule has 4 rings (SSSR count). The van der Waals surface area contributed by atoms with E-state index >= 15 is 0 Å². The van der Waals surface area contributed by atoms with Gasteiger partial charge in [0, 0.05) is 12.8 Å². The Balaban J connectivity index is 1.12. The highest BCUT2D eigenvalue weighted by atomic mass is 16.8. The summed E-state index contributed by atoms with van der Waals surface area (Å²) in [6.45, 7) is 15.1. The molecule has 1 fully saturated rings. The van der Waals surface area contributed by atoms with Gasteiger partial charge in [-0.3, -0.25) is 9.59 Å². The minimum Gasteiger partial charge on any atom is -0.505 e. The molecule has 1 unspecified atom stereocenters. The summed E-state index contributed by atoms with van der Waals surface area (Å²) < 4.78 is 33.3. The van der Waals surface area contributed by atoms with Crippen LogP contribution in [0.4, 0.5) is 0 Å². The van der Waals surface area contributed by atoms with Crippen LogP contribution in [0, 0.1) is 17.8 Å². The van der Waals surface area contributed by atoms with E-state index in [1.54, 1.807) is 19.9 Å². The molecule has 1 aromatic carbocycles. The van der Waals surface area contributed by atoms with E-state index in [0.29, 0.717) is 5.75 Å². The van der Waals surface area contributed by atoms with Crippen molar-refractivity contribution in [3.05, 3.63) is 35.3 Å². The Morgan fingerprint density at radius 1 is 0.900 bits per heavy atom. The molecular weight excluding hydrogens is 640 g/mol. The van der Waals surface area contributed by atoms with Crippen LogP contribution in [0.15, 0.2) is 29.7 Å². The van der Waals surface area contributed by atoms with Gasteiger partial charge in [0.15, 0.2) is 17.7 Å². The number of benzene rings is 1. The van der Waals surface area contributed by atoms with Gasteiger partial charge in [-0.1, -0.05) is 72.6 Å². The highest BCUT2D eigenvalue weighted by Gasteiger charge is 2.47. The Kier molecular flexibility index (Phi) is 14.2. The van der Waals surface area contributed by atoms with E-state index in [-0.39, 0.29) is 31.5 Å². The van der Waals surface area contributed by atoms with Gasteiger partial charge in [-0.05, 0) is 94.4 Å². The lowest BCUT2D eigenvalue weighted by molar-refractivity contribution is -0.164. The van der Waals surface area contributed by atoms with Gasteiger partial charge in [0.2, 0.25) is 0 Å². The third-order valence-corrected chi connectivity index (χ3v) is 10.1. The van der Waals surface area contributed by atoms with Gasteiger partial charge in [-0.25, -0.2) is 4.79 Å². The molecule has 10 nitrogen and oxygen atoms in total. The average Bonchev–Trinajstić information content (AvgIpc) is 3.53. The number of hydrogen-bond acceptors (Lipinski definition) is 10. The topological polar surface area (TPSA) is 127 Å². The first-order valence-corrected chi connectivity index (χ1v) is 18.8. The summed E-state index contributed by atoms with van der Waals surface area (Å²) in [6.07, 6.45) is 11.2. The molecule has 3 aliphatic rings. The predicted octanol–water partition coefficient (Wildman–Crippen LogP) is 8.67. The Morgan fingerprint density at radius 3 is 2.18 bits per heavy atom. The molecule has 0 amide bonds. The van der Waals surface area contributed by atoms with Crippen LogP contribution in [0.2, 0.25) is 0 Å². The summed E-state index contributed by atoms with van der Waals surface area (Å²) in [4.78, 5) is 37.2. The normalized spacial score (nSPS) is 24.0. The van der Waals surface area contributed by atoms with E-state index in [4.69, 9.17) is 28.4 Å². The van der Waals surface area contributed by atoms with E-state index in [1.807, 2.05) is 12.1 Å². The lowest BCUT2D eigenvalue weighted by atomic mass is 9.86. The first kappa shape index (κ1) is 39.7. The molecule has 3 aliphatic heterocycles. The minimum absolute atomic E-state index is 0.0308. The number of cyclic esters (lactones) is 1. The van der Waals surface area contributed by atoms with Crippen molar-refractivity contribution in [1.82, 2.24) is 0 Å². The van der Waals surface area contributed by atoms with Crippen molar-refractivity contribution in [3.8, 4) is 11.5 Å². The fourth-order valence-electron chi connectivity index (χ4n) is 7.00. The van der Waals surface area contributed by atoms with E-state index in [2.05, 4.69) is 34.6 Å². The average molecular weight is 701 g/mol. The zero-order chi connectivity index (χ0) is 36.5. The van der Waals surface area contributed by atoms with Crippen molar-refractivity contribution in [1.29, 1.82) is 0 Å². The molecule has 3 heterocycles. The molecular formula is C40H60O10. The standard InChI is InChI=1S/C40H60O10/c1-26(2)12-8-13-27(3)14-9-15-28(4)16-11-22-40(7)23-21-29-24-30(19-20-31(29)50-40)46-33(41)17-10-18-34(42)47-37-35(43)36(48-38(37)44)32-25-45-39(5,6)49-32/h19-20,24,26-28,32,36,43H,8-18,21-23,25H2,1-7H3/t27-,28-,32?,36-,40-/m1/s1. The molecule has 1 saturated heterocycles. The van der Waals surface area contributed by atoms with Crippen LogP contribution in [-0.2, 0) is 39.8 Å². The first-order valence-electron chi connectivity index (χ1n) is 18.8. The fraction of sp³-hybridized carbons (Fsp3) is 0.725. The molecule has 0 aromatic heterocycles. The largest absolute Gasteiger partial charge is 0.505 e. The molecule has 10 heteroatoms. The summed E-state index contributed by atoms with van der Waals surface area (Å²) in [5, 5.41) is 10.5. The quantitative estimate of drug-likeness (QED) is 0.111. The number of hydrogen-bond donors (Lipinski definition) is 1. The van der Waals surface area contributed by atoms with Gasteiger partial charge >= 0.3 is 17.9 Å². The van der Waals surface area contributed by atoms with Crippen LogP contribution < -0.4 is 9.47 Å². The third kappa shape index (κ3) is 12.0. The Bertz CT molecular complexity index is 1350. The van der Waals surface area contributed by atoms with Crippen LogP contribution in [0.3, 0.4) is 0 Å². The summed E-state index contributed by atoms with van der Waals surface area (Å²) in [5.74, 6) is -0.565. The molecule has 1 aromatic rings. The van der Waals surface area contributed by atoms with Gasteiger partial charge in [-0.15, -0.1) is 0 Å². The third-order valence-electron chi connectivity index (χ3n) is 10.1. The molecule has 280 valence electrons. The van der Waals surface area contributed by atoms with E-state index < -0.39 is 47.4 Å². The summed E-state index contributed by atoms with van der Waals surface area (Å²) in [6, 6.07) is 5.46. The number of fused-ring (bicyclic) bond motifs is 1. The van der Waals surface area contributed by atoms with Crippen LogP contribution in [0.1, 0.15) is 138 Å². The van der Waals surface area contributed by atoms with Crippen LogP contribution in [-0.4, -0.2) is 53.2 Å². The predicted molar refractivity (Wildman–Crippen MR) is 189 cm³/mol. The zero-order valence-corrected chi connectivity index (χ0v) is 31.3. The number of esters is 3. The Labute approximate surface area is 298 Å². The Morgan fingerprint density at radius 2 is 1.54 bits per heavy atom. The summed E-state index contributed by atoms with van der Waals surface area (Å²) >= 11 is 0. The van der Waals surface area contributed by atoms with Gasteiger partial charge in [0.1, 0.15) is 23.2 Å². The van der Waals surface area contributed by atoms with Crippen molar-refractivity contribution in [2.75, 3.05) is 6.61 Å². The number of aliphatic hydroxyl groups excluding tert-OH is 1. The molecule has 0 bridgehead atoms. The first-order chi connectivity index (χ1) is 23.6. The second-order valence-corrected chi connectivity index (χ2v) is 15.9. The maximum absolute atomic E-state index is 12.5. The number of aliphatic hydroxyl groups is 1. The lowest BCUT2D eigenvalue weighted by Crippen LogP contribution is -2.36. The van der Waals surface area contributed by atoms with E-state index in [9.17, 15) is 19.5 Å². The number of carbonyl (C=O) groups is 3. The second-order valence-electron chi connectivity index (χ2n) is 15.9. The monoisotopic (exact) mass is 700 g/mol. The minimum atomic E-state index is -1.12. The van der Waals surface area contributed by atoms with Crippen molar-refractivity contribution in [2.45, 2.75) is 162 Å². The van der Waals surface area contributed by atoms with Gasteiger partial charge < -0.3 is 33.5 Å². The number of ether oxygens (including phenoxy) is 6. The van der Waals surface area contributed by atoms with Crippen molar-refractivity contribution < 1.29 is 47.9 Å². The van der Waals surface area contributed by atoms with Crippen LogP contribution in [0.25, 0.3) is 0 Å². The Hall–Kier alpha value is -3.11. The highest BCUT2D eigenvalue weighted by molar-refractivity contribution is 5.92. The highest BCUT2D eigenvalue weighted by Crippen LogP contribution is 2.38. The molecule has 0 radical (unpaired) electrons. The zero-order valence-electron chi connectivity index (χ0n) is 31.3. The molecule has 1 N–H and O–H groups in total. The van der Waals surface area contributed by atoms with Crippen molar-refractivity contribution in [3.63, 3.8) is 0 Å². The van der Waals surface area contributed by atoms with E-state index in [0.717, 1.165) is 54.7 Å². The molecule has 0 spiro atoms.